The smallest absolute Gasteiger partial charge is 0.271 e. The van der Waals surface area contributed by atoms with Crippen LogP contribution in [0.15, 0.2) is 53.6 Å². The quantitative estimate of drug-likeness (QED) is 0.401. The van der Waals surface area contributed by atoms with Crippen LogP contribution in [0, 0.1) is 5.82 Å². The Morgan fingerprint density at radius 1 is 1.04 bits per heavy atom. The second kappa shape index (κ2) is 9.94. The van der Waals surface area contributed by atoms with Gasteiger partial charge in [0.1, 0.15) is 5.82 Å². The third kappa shape index (κ3) is 6.13. The lowest BCUT2D eigenvalue weighted by Crippen LogP contribution is -2.38. The van der Waals surface area contributed by atoms with E-state index in [-0.39, 0.29) is 11.7 Å². The molecule has 3 rings (SSSR count). The van der Waals surface area contributed by atoms with Crippen LogP contribution in [0.5, 0.6) is 0 Å². The number of amides is 1. The molecule has 146 valence electrons. The molecule has 28 heavy (non-hydrogen) atoms. The molecule has 1 amide bonds. The Morgan fingerprint density at radius 2 is 1.71 bits per heavy atom. The zero-order valence-electron chi connectivity index (χ0n) is 15.5. The molecule has 0 atom stereocenters. The lowest BCUT2D eigenvalue weighted by atomic mass is 9.96. The van der Waals surface area contributed by atoms with Crippen molar-refractivity contribution in [3.8, 4) is 0 Å². The molecule has 5 nitrogen and oxygen atoms in total. The first-order valence-electron chi connectivity index (χ1n) is 9.37. The Bertz CT molecular complexity index is 830. The molecule has 0 bridgehead atoms. The highest BCUT2D eigenvalue weighted by molar-refractivity contribution is 7.80. The van der Waals surface area contributed by atoms with E-state index in [0.29, 0.717) is 22.3 Å². The van der Waals surface area contributed by atoms with Gasteiger partial charge in [0.05, 0.1) is 6.21 Å². The minimum absolute atomic E-state index is 0.316. The van der Waals surface area contributed by atoms with Crippen molar-refractivity contribution < 1.29 is 9.18 Å². The summed E-state index contributed by atoms with van der Waals surface area (Å²) in [5.41, 5.74) is 4.45. The molecular formula is C21H23FN4OS. The molecule has 0 unspecified atom stereocenters. The second-order valence-corrected chi connectivity index (χ2v) is 7.17. The molecular weight excluding hydrogens is 375 g/mol. The van der Waals surface area contributed by atoms with Crippen molar-refractivity contribution in [1.29, 1.82) is 0 Å². The minimum atomic E-state index is -0.326. The summed E-state index contributed by atoms with van der Waals surface area (Å²) in [6, 6.07) is 13.3. The van der Waals surface area contributed by atoms with Gasteiger partial charge >= 0.3 is 0 Å². The van der Waals surface area contributed by atoms with Gasteiger partial charge in [-0.05, 0) is 67.0 Å². The van der Waals surface area contributed by atoms with E-state index in [1.807, 2.05) is 0 Å². The van der Waals surface area contributed by atoms with Gasteiger partial charge in [0.15, 0.2) is 5.11 Å². The van der Waals surface area contributed by atoms with E-state index < -0.39 is 0 Å². The van der Waals surface area contributed by atoms with Crippen molar-refractivity contribution in [3.63, 3.8) is 0 Å². The summed E-state index contributed by atoms with van der Waals surface area (Å²) in [5, 5.41) is 11.0. The largest absolute Gasteiger partial charge is 0.360 e. The fourth-order valence-corrected chi connectivity index (χ4v) is 3.37. The minimum Gasteiger partial charge on any atom is -0.360 e. The molecule has 0 heterocycles. The number of anilines is 1. The Balaban J connectivity index is 1.48. The van der Waals surface area contributed by atoms with Gasteiger partial charge < -0.3 is 10.6 Å². The zero-order valence-corrected chi connectivity index (χ0v) is 16.3. The van der Waals surface area contributed by atoms with E-state index in [0.717, 1.165) is 18.5 Å². The Hall–Kier alpha value is -2.80. The van der Waals surface area contributed by atoms with Crippen LogP contribution in [-0.4, -0.2) is 23.3 Å². The number of benzene rings is 2. The van der Waals surface area contributed by atoms with Crippen LogP contribution < -0.4 is 16.1 Å². The van der Waals surface area contributed by atoms with Crippen LogP contribution in [0.4, 0.5) is 10.1 Å². The van der Waals surface area contributed by atoms with Crippen molar-refractivity contribution in [2.24, 2.45) is 5.10 Å². The molecule has 2 aromatic rings. The summed E-state index contributed by atoms with van der Waals surface area (Å²) in [6.45, 7) is 0. The maximum atomic E-state index is 12.9. The number of nitrogens with zero attached hydrogens (tertiary/aromatic N) is 1. The van der Waals surface area contributed by atoms with Gasteiger partial charge in [0.2, 0.25) is 0 Å². The first kappa shape index (κ1) is 19.9. The lowest BCUT2D eigenvalue weighted by Gasteiger charge is -2.24. The van der Waals surface area contributed by atoms with Crippen molar-refractivity contribution in [1.82, 2.24) is 10.7 Å². The number of carbonyl (C=O) groups excluding carboxylic acids is 1. The molecule has 1 aliphatic carbocycles. The third-order valence-electron chi connectivity index (χ3n) is 4.60. The first-order valence-corrected chi connectivity index (χ1v) is 9.77. The van der Waals surface area contributed by atoms with Crippen molar-refractivity contribution in [2.75, 3.05) is 5.32 Å². The van der Waals surface area contributed by atoms with Crippen LogP contribution in [0.3, 0.4) is 0 Å². The molecule has 0 aliphatic heterocycles. The van der Waals surface area contributed by atoms with Crippen molar-refractivity contribution in [2.45, 2.75) is 38.1 Å². The van der Waals surface area contributed by atoms with E-state index in [9.17, 15) is 9.18 Å². The fourth-order valence-electron chi connectivity index (χ4n) is 3.08. The predicted octanol–water partition coefficient (Wildman–Crippen LogP) is 4.21. The molecule has 2 aromatic carbocycles. The van der Waals surface area contributed by atoms with Crippen LogP contribution >= 0.6 is 12.2 Å². The summed E-state index contributed by atoms with van der Waals surface area (Å²) in [6.07, 6.45) is 7.55. The molecule has 0 saturated heterocycles. The number of rotatable bonds is 5. The van der Waals surface area contributed by atoms with Gasteiger partial charge in [0.25, 0.3) is 5.91 Å². The maximum Gasteiger partial charge on any atom is 0.271 e. The lowest BCUT2D eigenvalue weighted by molar-refractivity contribution is 0.0955. The summed E-state index contributed by atoms with van der Waals surface area (Å²) in [7, 11) is 0. The van der Waals surface area contributed by atoms with E-state index >= 15 is 0 Å². The second-order valence-electron chi connectivity index (χ2n) is 6.76. The van der Waals surface area contributed by atoms with Gasteiger partial charge in [-0.1, -0.05) is 31.4 Å². The highest BCUT2D eigenvalue weighted by atomic mass is 32.1. The van der Waals surface area contributed by atoms with Crippen molar-refractivity contribution >= 4 is 35.1 Å². The normalized spacial score (nSPS) is 14.6. The number of hydrazone groups is 1. The SMILES string of the molecule is O=C(N/N=C\c1ccc(F)cc1)c1ccc(NC(=S)NC2CCCCC2)cc1. The van der Waals surface area contributed by atoms with Crippen LogP contribution in [0.2, 0.25) is 0 Å². The van der Waals surface area contributed by atoms with E-state index in [1.165, 1.54) is 37.6 Å². The highest BCUT2D eigenvalue weighted by Gasteiger charge is 2.14. The molecule has 7 heteroatoms. The summed E-state index contributed by atoms with van der Waals surface area (Å²) in [5.74, 6) is -0.642. The molecule has 1 fully saturated rings. The first-order chi connectivity index (χ1) is 13.6. The molecule has 0 spiro atoms. The topological polar surface area (TPSA) is 65.5 Å². The number of thiocarbonyl (C=S) groups is 1. The fraction of sp³-hybridized carbons (Fsp3) is 0.286. The Morgan fingerprint density at radius 3 is 2.39 bits per heavy atom. The van der Waals surface area contributed by atoms with Crippen LogP contribution in [0.1, 0.15) is 48.0 Å². The molecule has 1 aliphatic rings. The van der Waals surface area contributed by atoms with E-state index in [4.69, 9.17) is 12.2 Å². The zero-order chi connectivity index (χ0) is 19.8. The average molecular weight is 399 g/mol. The number of carbonyl (C=O) groups is 1. The molecule has 0 radical (unpaired) electrons. The summed E-state index contributed by atoms with van der Waals surface area (Å²) < 4.78 is 12.9. The summed E-state index contributed by atoms with van der Waals surface area (Å²) in [4.78, 5) is 12.1. The van der Waals surface area contributed by atoms with Gasteiger partial charge in [-0.3, -0.25) is 4.79 Å². The predicted molar refractivity (Wildman–Crippen MR) is 114 cm³/mol. The number of halogens is 1. The van der Waals surface area contributed by atoms with Gasteiger partial charge in [0, 0.05) is 17.3 Å². The summed E-state index contributed by atoms with van der Waals surface area (Å²) >= 11 is 5.37. The Kier molecular flexibility index (Phi) is 7.08. The van der Waals surface area contributed by atoms with Crippen molar-refractivity contribution in [3.05, 3.63) is 65.5 Å². The number of nitrogens with one attached hydrogen (secondary N) is 3. The van der Waals surface area contributed by atoms with Gasteiger partial charge in [-0.2, -0.15) is 5.10 Å². The molecule has 3 N–H and O–H groups in total. The van der Waals surface area contributed by atoms with E-state index in [2.05, 4.69) is 21.2 Å². The Labute approximate surface area is 169 Å². The number of hydrogen-bond acceptors (Lipinski definition) is 3. The number of hydrogen-bond donors (Lipinski definition) is 3. The van der Waals surface area contributed by atoms with Gasteiger partial charge in [-0.15, -0.1) is 0 Å². The monoisotopic (exact) mass is 398 g/mol. The van der Waals surface area contributed by atoms with E-state index in [1.54, 1.807) is 36.4 Å². The van der Waals surface area contributed by atoms with Crippen LogP contribution in [-0.2, 0) is 0 Å². The average Bonchev–Trinajstić information content (AvgIpc) is 2.70. The highest BCUT2D eigenvalue weighted by Crippen LogP contribution is 2.17. The standard InChI is InChI=1S/C21H23FN4OS/c22-17-10-6-15(7-11-17)14-23-26-20(27)16-8-12-19(13-9-16)25-21(28)24-18-4-2-1-3-5-18/h6-14,18H,1-5H2,(H,26,27)(H2,24,25,28)/b23-14-. The third-order valence-corrected chi connectivity index (χ3v) is 4.81. The van der Waals surface area contributed by atoms with Gasteiger partial charge in [-0.25, -0.2) is 9.82 Å². The van der Waals surface area contributed by atoms with Crippen LogP contribution in [0.25, 0.3) is 0 Å². The molecule has 1 saturated carbocycles. The molecule has 0 aromatic heterocycles. The maximum absolute atomic E-state index is 12.9.